The Kier molecular flexibility index (Phi) is 4.88. The van der Waals surface area contributed by atoms with E-state index in [2.05, 4.69) is 63.9 Å². The van der Waals surface area contributed by atoms with Gasteiger partial charge in [-0.25, -0.2) is 0 Å². The molecule has 0 radical (unpaired) electrons. The van der Waals surface area contributed by atoms with Crippen molar-refractivity contribution in [2.24, 2.45) is 0 Å². The van der Waals surface area contributed by atoms with Crippen molar-refractivity contribution in [2.45, 2.75) is 19.6 Å². The molecule has 0 aliphatic rings. The van der Waals surface area contributed by atoms with Gasteiger partial charge in [-0.2, -0.15) is 0 Å². The van der Waals surface area contributed by atoms with Crippen molar-refractivity contribution < 1.29 is 0 Å². The first-order chi connectivity index (χ1) is 12.3. The van der Waals surface area contributed by atoms with Crippen LogP contribution in [0.2, 0.25) is 5.02 Å². The molecule has 0 atom stereocenters. The number of benzene rings is 2. The van der Waals surface area contributed by atoms with E-state index in [4.69, 9.17) is 11.6 Å². The van der Waals surface area contributed by atoms with Crippen LogP contribution in [0.1, 0.15) is 16.0 Å². The molecule has 2 aromatic carbocycles. The third kappa shape index (κ3) is 3.79. The molecule has 2 heterocycles. The summed E-state index contributed by atoms with van der Waals surface area (Å²) in [5.74, 6) is 0. The molecule has 2 aromatic heterocycles. The number of hydrogen-bond donors (Lipinski definition) is 1. The zero-order valence-corrected chi connectivity index (χ0v) is 15.4. The molecular weight excluding hydrogens is 348 g/mol. The number of nitrogens with zero attached hydrogens (tertiary/aromatic N) is 1. The number of para-hydroxylation sites is 1. The summed E-state index contributed by atoms with van der Waals surface area (Å²) in [4.78, 5) is 1.36. The second-order valence-corrected chi connectivity index (χ2v) is 7.58. The van der Waals surface area contributed by atoms with Crippen LogP contribution >= 0.6 is 22.9 Å². The summed E-state index contributed by atoms with van der Waals surface area (Å²) < 4.78 is 2.31. The highest BCUT2D eigenvalue weighted by atomic mass is 35.5. The summed E-state index contributed by atoms with van der Waals surface area (Å²) in [6.45, 7) is 2.60. The van der Waals surface area contributed by atoms with Crippen LogP contribution in [0.25, 0.3) is 10.9 Å². The highest BCUT2D eigenvalue weighted by Gasteiger charge is 2.08. The maximum absolute atomic E-state index is 6.13. The predicted molar refractivity (Wildman–Crippen MR) is 107 cm³/mol. The number of thiophene rings is 1. The molecule has 0 saturated carbocycles. The molecule has 4 heteroatoms. The number of rotatable bonds is 6. The van der Waals surface area contributed by atoms with Gasteiger partial charge in [-0.05, 0) is 40.8 Å². The molecule has 0 spiro atoms. The van der Waals surface area contributed by atoms with Crippen LogP contribution in [0.4, 0.5) is 0 Å². The van der Waals surface area contributed by atoms with E-state index in [1.165, 1.54) is 26.9 Å². The van der Waals surface area contributed by atoms with E-state index in [1.807, 2.05) is 18.2 Å². The Labute approximate surface area is 156 Å². The number of nitrogens with one attached hydrogen (secondary N) is 1. The van der Waals surface area contributed by atoms with Crippen molar-refractivity contribution in [2.75, 3.05) is 0 Å². The van der Waals surface area contributed by atoms with E-state index in [9.17, 15) is 0 Å². The molecule has 0 unspecified atom stereocenters. The molecule has 126 valence electrons. The Hall–Kier alpha value is -2.07. The molecule has 0 fully saturated rings. The lowest BCUT2D eigenvalue weighted by Crippen LogP contribution is -2.11. The van der Waals surface area contributed by atoms with Crippen molar-refractivity contribution in [3.63, 3.8) is 0 Å². The van der Waals surface area contributed by atoms with Gasteiger partial charge in [0, 0.05) is 46.6 Å². The fourth-order valence-corrected chi connectivity index (χ4v) is 4.05. The van der Waals surface area contributed by atoms with Crippen LogP contribution in [0.3, 0.4) is 0 Å². The molecule has 25 heavy (non-hydrogen) atoms. The molecular formula is C21H19ClN2S. The molecule has 4 aromatic rings. The summed E-state index contributed by atoms with van der Waals surface area (Å²) in [5.41, 5.74) is 3.80. The van der Waals surface area contributed by atoms with Gasteiger partial charge in [0.05, 0.1) is 0 Å². The van der Waals surface area contributed by atoms with E-state index in [0.29, 0.717) is 0 Å². The Balaban J connectivity index is 1.57. The molecule has 1 N–H and O–H groups in total. The highest BCUT2D eigenvalue weighted by Crippen LogP contribution is 2.23. The fraction of sp³-hybridized carbons (Fsp3) is 0.143. The van der Waals surface area contributed by atoms with Crippen LogP contribution in [0.15, 0.2) is 72.2 Å². The second kappa shape index (κ2) is 7.44. The number of halogens is 1. The molecule has 0 aliphatic heterocycles. The van der Waals surface area contributed by atoms with Crippen molar-refractivity contribution in [3.8, 4) is 0 Å². The summed E-state index contributed by atoms with van der Waals surface area (Å²) >= 11 is 7.92. The monoisotopic (exact) mass is 366 g/mol. The lowest BCUT2D eigenvalue weighted by molar-refractivity contribution is 0.700. The second-order valence-electron chi connectivity index (χ2n) is 6.11. The van der Waals surface area contributed by atoms with E-state index in [0.717, 1.165) is 24.7 Å². The van der Waals surface area contributed by atoms with Crippen LogP contribution in [-0.2, 0) is 19.6 Å². The summed E-state index contributed by atoms with van der Waals surface area (Å²) in [7, 11) is 0. The minimum absolute atomic E-state index is 0.784. The first kappa shape index (κ1) is 16.4. The van der Waals surface area contributed by atoms with Gasteiger partial charge in [-0.15, -0.1) is 11.3 Å². The number of aromatic nitrogens is 1. The van der Waals surface area contributed by atoms with Gasteiger partial charge in [0.25, 0.3) is 0 Å². The Morgan fingerprint density at radius 2 is 1.88 bits per heavy atom. The predicted octanol–water partition coefficient (Wildman–Crippen LogP) is 5.69. The van der Waals surface area contributed by atoms with Crippen LogP contribution in [0, 0.1) is 0 Å². The first-order valence-electron chi connectivity index (χ1n) is 8.34. The minimum atomic E-state index is 0.784. The average molecular weight is 367 g/mol. The maximum atomic E-state index is 6.13. The smallest absolute Gasteiger partial charge is 0.0486 e. The zero-order chi connectivity index (χ0) is 17.1. The van der Waals surface area contributed by atoms with Gasteiger partial charge < -0.3 is 9.88 Å². The molecule has 2 nitrogen and oxygen atoms in total. The zero-order valence-electron chi connectivity index (χ0n) is 13.8. The van der Waals surface area contributed by atoms with Gasteiger partial charge >= 0.3 is 0 Å². The van der Waals surface area contributed by atoms with Gasteiger partial charge in [-0.1, -0.05) is 48.0 Å². The topological polar surface area (TPSA) is 17.0 Å². The highest BCUT2D eigenvalue weighted by molar-refractivity contribution is 7.09. The van der Waals surface area contributed by atoms with E-state index in [1.54, 1.807) is 11.3 Å². The Morgan fingerprint density at radius 3 is 2.72 bits per heavy atom. The molecule has 0 saturated heterocycles. The van der Waals surface area contributed by atoms with Crippen molar-refractivity contribution in [1.29, 1.82) is 0 Å². The molecule has 0 aliphatic carbocycles. The van der Waals surface area contributed by atoms with Gasteiger partial charge in [0.15, 0.2) is 0 Å². The maximum Gasteiger partial charge on any atom is 0.0486 e. The quantitative estimate of drug-likeness (QED) is 0.463. The van der Waals surface area contributed by atoms with Crippen LogP contribution < -0.4 is 5.32 Å². The lowest BCUT2D eigenvalue weighted by Gasteiger charge is -2.06. The largest absolute Gasteiger partial charge is 0.343 e. The summed E-state index contributed by atoms with van der Waals surface area (Å²) in [6, 6.07) is 20.9. The van der Waals surface area contributed by atoms with Gasteiger partial charge in [0.2, 0.25) is 0 Å². The molecule has 4 rings (SSSR count). The van der Waals surface area contributed by atoms with Crippen molar-refractivity contribution in [1.82, 2.24) is 9.88 Å². The van der Waals surface area contributed by atoms with E-state index < -0.39 is 0 Å². The Bertz CT molecular complexity index is 973. The SMILES string of the molecule is Clc1cccc(Cn2cc(CNCc3cccs3)c3ccccc32)c1. The summed E-state index contributed by atoms with van der Waals surface area (Å²) in [5, 5.41) is 7.77. The Morgan fingerprint density at radius 1 is 0.960 bits per heavy atom. The first-order valence-corrected chi connectivity index (χ1v) is 9.59. The van der Waals surface area contributed by atoms with Crippen LogP contribution in [0.5, 0.6) is 0 Å². The van der Waals surface area contributed by atoms with Gasteiger partial charge in [0.1, 0.15) is 0 Å². The van der Waals surface area contributed by atoms with Crippen molar-refractivity contribution >= 4 is 33.8 Å². The fourth-order valence-electron chi connectivity index (χ4n) is 3.16. The van der Waals surface area contributed by atoms with Crippen LogP contribution in [-0.4, -0.2) is 4.57 Å². The van der Waals surface area contributed by atoms with E-state index in [-0.39, 0.29) is 0 Å². The van der Waals surface area contributed by atoms with Gasteiger partial charge in [-0.3, -0.25) is 0 Å². The summed E-state index contributed by atoms with van der Waals surface area (Å²) in [6.07, 6.45) is 2.26. The number of fused-ring (bicyclic) bond motifs is 1. The lowest BCUT2D eigenvalue weighted by atomic mass is 10.2. The minimum Gasteiger partial charge on any atom is -0.343 e. The normalized spacial score (nSPS) is 11.2. The third-order valence-corrected chi connectivity index (χ3v) is 5.42. The standard InChI is InChI=1S/C21H19ClN2S/c22-18-6-3-5-16(11-18)14-24-15-17(20-8-1-2-9-21(20)24)12-23-13-19-7-4-10-25-19/h1-11,15,23H,12-14H2. The molecule has 0 bridgehead atoms. The van der Waals surface area contributed by atoms with Crippen molar-refractivity contribution in [3.05, 3.63) is 93.3 Å². The third-order valence-electron chi connectivity index (χ3n) is 4.31. The van der Waals surface area contributed by atoms with E-state index >= 15 is 0 Å². The molecule has 0 amide bonds. The average Bonchev–Trinajstić information content (AvgIpc) is 3.24. The number of hydrogen-bond acceptors (Lipinski definition) is 2.